The van der Waals surface area contributed by atoms with E-state index in [4.69, 9.17) is 0 Å². The molecule has 7 nitrogen and oxygen atoms in total. The highest BCUT2D eigenvalue weighted by Gasteiger charge is 2.24. The molecule has 4 rings (SSSR count). The minimum atomic E-state index is -0.0866. The number of aromatic nitrogens is 2. The molecule has 1 aromatic heterocycles. The fraction of sp³-hybridized carbons (Fsp3) is 0.522. The van der Waals surface area contributed by atoms with Crippen molar-refractivity contribution in [3.8, 4) is 0 Å². The second-order valence-corrected chi connectivity index (χ2v) is 8.53. The molecule has 0 saturated carbocycles. The summed E-state index contributed by atoms with van der Waals surface area (Å²) in [7, 11) is 1.80. The normalized spacial score (nSPS) is 18.0. The maximum atomic E-state index is 13.0. The SMILES string of the molecule is Cn1cc(C(=O)NCC2CCN(C(=O)c3cccc(CN4CCCC4)c3)CC2)cn1. The van der Waals surface area contributed by atoms with Gasteiger partial charge < -0.3 is 10.2 Å². The highest BCUT2D eigenvalue weighted by molar-refractivity contribution is 5.94. The third kappa shape index (κ3) is 5.08. The van der Waals surface area contributed by atoms with Gasteiger partial charge in [0.2, 0.25) is 0 Å². The molecule has 2 amide bonds. The van der Waals surface area contributed by atoms with Crippen LogP contribution in [0.2, 0.25) is 0 Å². The summed E-state index contributed by atoms with van der Waals surface area (Å²) in [6.07, 6.45) is 7.66. The van der Waals surface area contributed by atoms with Crippen molar-refractivity contribution in [3.05, 3.63) is 53.3 Å². The molecule has 0 radical (unpaired) electrons. The Morgan fingerprint density at radius 3 is 2.57 bits per heavy atom. The van der Waals surface area contributed by atoms with Crippen molar-refractivity contribution >= 4 is 11.8 Å². The number of rotatable bonds is 6. The first-order chi connectivity index (χ1) is 14.6. The highest BCUT2D eigenvalue weighted by atomic mass is 16.2. The first-order valence-electron chi connectivity index (χ1n) is 11.0. The summed E-state index contributed by atoms with van der Waals surface area (Å²) in [5, 5.41) is 7.03. The number of piperidine rings is 1. The number of amides is 2. The lowest BCUT2D eigenvalue weighted by molar-refractivity contribution is 0.0684. The van der Waals surface area contributed by atoms with E-state index >= 15 is 0 Å². The third-order valence-electron chi connectivity index (χ3n) is 6.20. The molecule has 0 atom stereocenters. The number of hydrogen-bond donors (Lipinski definition) is 1. The number of benzene rings is 1. The van der Waals surface area contributed by atoms with E-state index < -0.39 is 0 Å². The fourth-order valence-electron chi connectivity index (χ4n) is 4.40. The van der Waals surface area contributed by atoms with Crippen LogP contribution in [0.4, 0.5) is 0 Å². The van der Waals surface area contributed by atoms with Gasteiger partial charge in [0.15, 0.2) is 0 Å². The van der Waals surface area contributed by atoms with Crippen LogP contribution in [0.25, 0.3) is 0 Å². The molecule has 0 aliphatic carbocycles. The molecular formula is C23H31N5O2. The molecule has 2 saturated heterocycles. The lowest BCUT2D eigenvalue weighted by Crippen LogP contribution is -2.41. The Kier molecular flexibility index (Phi) is 6.47. The zero-order valence-electron chi connectivity index (χ0n) is 17.7. The van der Waals surface area contributed by atoms with Crippen molar-refractivity contribution < 1.29 is 9.59 Å². The van der Waals surface area contributed by atoms with Crippen LogP contribution in [0, 0.1) is 5.92 Å². The zero-order chi connectivity index (χ0) is 20.9. The first kappa shape index (κ1) is 20.6. The molecule has 0 unspecified atom stereocenters. The molecule has 3 heterocycles. The molecule has 2 fully saturated rings. The van der Waals surface area contributed by atoms with Gasteiger partial charge in [0.05, 0.1) is 11.8 Å². The smallest absolute Gasteiger partial charge is 0.254 e. The molecule has 7 heteroatoms. The van der Waals surface area contributed by atoms with Gasteiger partial charge in [-0.25, -0.2) is 0 Å². The van der Waals surface area contributed by atoms with E-state index in [1.807, 2.05) is 17.0 Å². The molecule has 0 spiro atoms. The largest absolute Gasteiger partial charge is 0.352 e. The van der Waals surface area contributed by atoms with Gasteiger partial charge in [0.1, 0.15) is 0 Å². The standard InChI is InChI=1S/C23H31N5O2/c1-26-17-21(15-25-26)22(29)24-14-18-7-11-28(12-8-18)23(30)20-6-4-5-19(13-20)16-27-9-2-3-10-27/h4-6,13,15,17-18H,2-3,7-12,14,16H2,1H3,(H,24,29). The average Bonchev–Trinajstić information content (AvgIpc) is 3.44. The number of likely N-dealkylation sites (tertiary alicyclic amines) is 2. The van der Waals surface area contributed by atoms with Crippen LogP contribution in [0.3, 0.4) is 0 Å². The van der Waals surface area contributed by atoms with Gasteiger partial charge in [-0.2, -0.15) is 5.10 Å². The van der Waals surface area contributed by atoms with Crippen LogP contribution in [0.5, 0.6) is 0 Å². The van der Waals surface area contributed by atoms with Crippen LogP contribution >= 0.6 is 0 Å². The predicted octanol–water partition coefficient (Wildman–Crippen LogP) is 2.30. The molecule has 2 aliphatic rings. The Morgan fingerprint density at radius 2 is 1.87 bits per heavy atom. The topological polar surface area (TPSA) is 70.5 Å². The maximum absolute atomic E-state index is 13.0. The zero-order valence-corrected chi connectivity index (χ0v) is 17.7. The second kappa shape index (κ2) is 9.43. The van der Waals surface area contributed by atoms with E-state index in [0.29, 0.717) is 18.0 Å². The van der Waals surface area contributed by atoms with Crippen molar-refractivity contribution in [2.75, 3.05) is 32.7 Å². The number of carbonyl (C=O) groups excluding carboxylic acids is 2. The number of nitrogens with one attached hydrogen (secondary N) is 1. The van der Waals surface area contributed by atoms with Gasteiger partial charge in [0.25, 0.3) is 11.8 Å². The van der Waals surface area contributed by atoms with E-state index in [9.17, 15) is 9.59 Å². The van der Waals surface area contributed by atoms with Gasteiger partial charge in [-0.05, 0) is 62.4 Å². The summed E-state index contributed by atoms with van der Waals surface area (Å²) in [4.78, 5) is 29.6. The Bertz CT molecular complexity index is 879. The van der Waals surface area contributed by atoms with Crippen LogP contribution in [-0.4, -0.2) is 64.1 Å². The van der Waals surface area contributed by atoms with Crippen LogP contribution in [-0.2, 0) is 13.6 Å². The van der Waals surface area contributed by atoms with Gasteiger partial charge in [-0.3, -0.25) is 19.2 Å². The van der Waals surface area contributed by atoms with Crippen molar-refractivity contribution in [2.24, 2.45) is 13.0 Å². The molecule has 30 heavy (non-hydrogen) atoms. The van der Waals surface area contributed by atoms with Crippen molar-refractivity contribution in [3.63, 3.8) is 0 Å². The van der Waals surface area contributed by atoms with Crippen molar-refractivity contribution in [2.45, 2.75) is 32.2 Å². The fourth-order valence-corrected chi connectivity index (χ4v) is 4.40. The van der Waals surface area contributed by atoms with Crippen molar-refractivity contribution in [1.82, 2.24) is 24.9 Å². The lowest BCUT2D eigenvalue weighted by atomic mass is 9.96. The summed E-state index contributed by atoms with van der Waals surface area (Å²) in [5.41, 5.74) is 2.59. The minimum Gasteiger partial charge on any atom is -0.352 e. The first-order valence-corrected chi connectivity index (χ1v) is 11.0. The highest BCUT2D eigenvalue weighted by Crippen LogP contribution is 2.20. The monoisotopic (exact) mass is 409 g/mol. The van der Waals surface area contributed by atoms with Gasteiger partial charge >= 0.3 is 0 Å². The number of aryl methyl sites for hydroxylation is 1. The predicted molar refractivity (Wildman–Crippen MR) is 115 cm³/mol. The quantitative estimate of drug-likeness (QED) is 0.795. The summed E-state index contributed by atoms with van der Waals surface area (Å²) >= 11 is 0. The molecule has 160 valence electrons. The Hall–Kier alpha value is -2.67. The maximum Gasteiger partial charge on any atom is 0.254 e. The number of hydrogen-bond acceptors (Lipinski definition) is 4. The molecule has 2 aliphatic heterocycles. The van der Waals surface area contributed by atoms with Gasteiger partial charge in [-0.1, -0.05) is 12.1 Å². The minimum absolute atomic E-state index is 0.0866. The Labute approximate surface area is 178 Å². The average molecular weight is 410 g/mol. The second-order valence-electron chi connectivity index (χ2n) is 8.53. The molecule has 1 N–H and O–H groups in total. The lowest BCUT2D eigenvalue weighted by Gasteiger charge is -2.32. The summed E-state index contributed by atoms with van der Waals surface area (Å²) in [6.45, 7) is 5.36. The van der Waals surface area contributed by atoms with Crippen LogP contribution < -0.4 is 5.32 Å². The molecular weight excluding hydrogens is 378 g/mol. The van der Waals surface area contributed by atoms with E-state index in [1.54, 1.807) is 24.1 Å². The summed E-state index contributed by atoms with van der Waals surface area (Å²) in [5.74, 6) is 0.434. The number of nitrogens with zero attached hydrogens (tertiary/aromatic N) is 4. The Balaban J connectivity index is 1.25. The van der Waals surface area contributed by atoms with Gasteiger partial charge in [0, 0.05) is 45.0 Å². The van der Waals surface area contributed by atoms with E-state index in [-0.39, 0.29) is 11.8 Å². The Morgan fingerprint density at radius 1 is 1.10 bits per heavy atom. The molecule has 1 aromatic carbocycles. The van der Waals surface area contributed by atoms with E-state index in [0.717, 1.165) is 51.1 Å². The molecule has 2 aromatic rings. The summed E-state index contributed by atoms with van der Waals surface area (Å²) in [6, 6.07) is 8.10. The van der Waals surface area contributed by atoms with Crippen LogP contribution in [0.15, 0.2) is 36.7 Å². The van der Waals surface area contributed by atoms with Gasteiger partial charge in [-0.15, -0.1) is 0 Å². The third-order valence-corrected chi connectivity index (χ3v) is 6.20. The summed E-state index contributed by atoms with van der Waals surface area (Å²) < 4.78 is 1.62. The van der Waals surface area contributed by atoms with Crippen molar-refractivity contribution in [1.29, 1.82) is 0 Å². The van der Waals surface area contributed by atoms with Crippen LogP contribution in [0.1, 0.15) is 52.0 Å². The van der Waals surface area contributed by atoms with E-state index in [2.05, 4.69) is 27.4 Å². The van der Waals surface area contributed by atoms with E-state index in [1.165, 1.54) is 18.4 Å². The number of carbonyl (C=O) groups is 2. The molecule has 0 bridgehead atoms.